The molecular formula is C20H28N6O. The number of rotatable bonds is 4. The lowest BCUT2D eigenvalue weighted by atomic mass is 10.1. The summed E-state index contributed by atoms with van der Waals surface area (Å²) >= 11 is 0. The molecule has 7 nitrogen and oxygen atoms in total. The van der Waals surface area contributed by atoms with Gasteiger partial charge in [-0.1, -0.05) is 0 Å². The first-order valence-corrected chi connectivity index (χ1v) is 9.44. The van der Waals surface area contributed by atoms with Gasteiger partial charge in [0.1, 0.15) is 17.3 Å². The quantitative estimate of drug-likeness (QED) is 0.894. The summed E-state index contributed by atoms with van der Waals surface area (Å²) in [5.41, 5.74) is 2.34. The first kappa shape index (κ1) is 19.1. The molecule has 2 aromatic heterocycles. The van der Waals surface area contributed by atoms with E-state index in [-0.39, 0.29) is 5.91 Å². The van der Waals surface area contributed by atoms with Gasteiger partial charge in [-0.25, -0.2) is 15.0 Å². The van der Waals surface area contributed by atoms with E-state index in [1.807, 2.05) is 50.0 Å². The van der Waals surface area contributed by atoms with E-state index < -0.39 is 0 Å². The van der Waals surface area contributed by atoms with Crippen molar-refractivity contribution in [1.29, 1.82) is 0 Å². The first-order chi connectivity index (χ1) is 12.9. The van der Waals surface area contributed by atoms with E-state index >= 15 is 0 Å². The average Bonchev–Trinajstić information content (AvgIpc) is 2.86. The fraction of sp³-hybridized carbons (Fsp3) is 0.500. The number of aryl methyl sites for hydroxylation is 2. The minimum absolute atomic E-state index is 0.00116. The topological polar surface area (TPSA) is 74.2 Å². The summed E-state index contributed by atoms with van der Waals surface area (Å²) in [5.74, 6) is 1.58. The zero-order valence-electron chi connectivity index (χ0n) is 16.6. The number of pyridine rings is 1. The van der Waals surface area contributed by atoms with Gasteiger partial charge < -0.3 is 15.1 Å². The van der Waals surface area contributed by atoms with Crippen LogP contribution in [0.5, 0.6) is 0 Å². The fourth-order valence-corrected chi connectivity index (χ4v) is 3.40. The molecule has 0 saturated carbocycles. The molecule has 1 saturated heterocycles. The number of hydrogen-bond donors (Lipinski definition) is 1. The van der Waals surface area contributed by atoms with Crippen LogP contribution >= 0.6 is 0 Å². The van der Waals surface area contributed by atoms with Crippen molar-refractivity contribution in [2.24, 2.45) is 0 Å². The highest BCUT2D eigenvalue weighted by molar-refractivity contribution is 5.92. The largest absolute Gasteiger partial charge is 0.381 e. The summed E-state index contributed by atoms with van der Waals surface area (Å²) < 4.78 is 0. The number of carbonyl (C=O) groups excluding carboxylic acids is 1. The van der Waals surface area contributed by atoms with Crippen molar-refractivity contribution in [1.82, 2.24) is 19.9 Å². The molecule has 144 valence electrons. The van der Waals surface area contributed by atoms with Crippen LogP contribution in [0.1, 0.15) is 41.3 Å². The SMILES string of the molecule is Cc1cc(C(=O)N2CCCC(Nc3ccc(N(C)C)nc3)CC2)nc(C)n1. The minimum Gasteiger partial charge on any atom is -0.381 e. The van der Waals surface area contributed by atoms with Crippen LogP contribution in [0, 0.1) is 13.8 Å². The Hall–Kier alpha value is -2.70. The number of anilines is 2. The molecule has 0 aromatic carbocycles. The van der Waals surface area contributed by atoms with Crippen LogP contribution in [0.3, 0.4) is 0 Å². The lowest BCUT2D eigenvalue weighted by molar-refractivity contribution is 0.0755. The van der Waals surface area contributed by atoms with Crippen molar-refractivity contribution in [3.8, 4) is 0 Å². The van der Waals surface area contributed by atoms with E-state index in [9.17, 15) is 4.79 Å². The third-order valence-corrected chi connectivity index (χ3v) is 4.78. The van der Waals surface area contributed by atoms with Crippen molar-refractivity contribution < 1.29 is 4.79 Å². The zero-order valence-corrected chi connectivity index (χ0v) is 16.6. The molecule has 3 rings (SSSR count). The molecular weight excluding hydrogens is 340 g/mol. The summed E-state index contributed by atoms with van der Waals surface area (Å²) in [4.78, 5) is 29.7. The molecule has 27 heavy (non-hydrogen) atoms. The lowest BCUT2D eigenvalue weighted by Gasteiger charge is -2.21. The average molecular weight is 368 g/mol. The van der Waals surface area contributed by atoms with Gasteiger partial charge in [0.15, 0.2) is 0 Å². The number of nitrogens with one attached hydrogen (secondary N) is 1. The van der Waals surface area contributed by atoms with Crippen LogP contribution < -0.4 is 10.2 Å². The highest BCUT2D eigenvalue weighted by Gasteiger charge is 2.23. The highest BCUT2D eigenvalue weighted by Crippen LogP contribution is 2.19. The van der Waals surface area contributed by atoms with Crippen LogP contribution in [0.4, 0.5) is 11.5 Å². The second-order valence-electron chi connectivity index (χ2n) is 7.31. The van der Waals surface area contributed by atoms with Gasteiger partial charge >= 0.3 is 0 Å². The third-order valence-electron chi connectivity index (χ3n) is 4.78. The Kier molecular flexibility index (Phi) is 5.88. The molecule has 0 radical (unpaired) electrons. The van der Waals surface area contributed by atoms with Gasteiger partial charge in [-0.2, -0.15) is 0 Å². The Morgan fingerprint density at radius 2 is 2.00 bits per heavy atom. The molecule has 1 N–H and O–H groups in total. The summed E-state index contributed by atoms with van der Waals surface area (Å²) in [5, 5.41) is 3.56. The Morgan fingerprint density at radius 3 is 2.67 bits per heavy atom. The molecule has 7 heteroatoms. The summed E-state index contributed by atoms with van der Waals surface area (Å²) in [6, 6.07) is 6.18. The molecule has 1 atom stereocenters. The van der Waals surface area contributed by atoms with Crippen molar-refractivity contribution in [2.75, 3.05) is 37.4 Å². The number of likely N-dealkylation sites (tertiary alicyclic amines) is 1. The Bertz CT molecular complexity index is 769. The van der Waals surface area contributed by atoms with Gasteiger partial charge in [-0.15, -0.1) is 0 Å². The van der Waals surface area contributed by atoms with E-state index in [0.29, 0.717) is 17.6 Å². The minimum atomic E-state index is 0.00116. The van der Waals surface area contributed by atoms with Crippen molar-refractivity contribution in [3.63, 3.8) is 0 Å². The van der Waals surface area contributed by atoms with E-state index in [1.165, 1.54) is 0 Å². The van der Waals surface area contributed by atoms with Crippen LogP contribution in [0.2, 0.25) is 0 Å². The molecule has 1 amide bonds. The van der Waals surface area contributed by atoms with E-state index in [1.54, 1.807) is 6.07 Å². The maximum absolute atomic E-state index is 12.8. The smallest absolute Gasteiger partial charge is 0.272 e. The number of nitrogens with zero attached hydrogens (tertiary/aromatic N) is 5. The van der Waals surface area contributed by atoms with Crippen molar-refractivity contribution >= 4 is 17.4 Å². The summed E-state index contributed by atoms with van der Waals surface area (Å²) in [6.07, 6.45) is 4.77. The Morgan fingerprint density at radius 1 is 1.19 bits per heavy atom. The molecule has 1 unspecified atom stereocenters. The molecule has 1 aliphatic heterocycles. The maximum Gasteiger partial charge on any atom is 0.272 e. The van der Waals surface area contributed by atoms with Crippen LogP contribution in [0.25, 0.3) is 0 Å². The second-order valence-corrected chi connectivity index (χ2v) is 7.31. The van der Waals surface area contributed by atoms with Crippen LogP contribution in [0.15, 0.2) is 24.4 Å². The van der Waals surface area contributed by atoms with Gasteiger partial charge in [-0.3, -0.25) is 4.79 Å². The standard InChI is InChI=1S/C20H28N6O/c1-14-12-18(23-15(2)22-14)20(27)26-10-5-6-16(9-11-26)24-17-7-8-19(21-13-17)25(3)4/h7-8,12-13,16,24H,5-6,9-11H2,1-4H3. The molecule has 0 aliphatic carbocycles. The summed E-state index contributed by atoms with van der Waals surface area (Å²) in [7, 11) is 3.96. The monoisotopic (exact) mass is 368 g/mol. The molecule has 0 spiro atoms. The van der Waals surface area contributed by atoms with Gasteiger partial charge in [0, 0.05) is 38.9 Å². The van der Waals surface area contributed by atoms with Crippen LogP contribution in [-0.2, 0) is 0 Å². The number of hydrogen-bond acceptors (Lipinski definition) is 6. The predicted octanol–water partition coefficient (Wildman–Crippen LogP) is 2.66. The molecule has 0 bridgehead atoms. The number of amides is 1. The van der Waals surface area contributed by atoms with Gasteiger partial charge in [-0.05, 0) is 51.3 Å². The normalized spacial score (nSPS) is 17.3. The summed E-state index contributed by atoms with van der Waals surface area (Å²) in [6.45, 7) is 5.20. The second kappa shape index (κ2) is 8.33. The Labute approximate surface area is 160 Å². The Balaban J connectivity index is 1.60. The van der Waals surface area contributed by atoms with Gasteiger partial charge in [0.25, 0.3) is 5.91 Å². The molecule has 1 aliphatic rings. The third kappa shape index (κ3) is 4.93. The lowest BCUT2D eigenvalue weighted by Crippen LogP contribution is -2.33. The van der Waals surface area contributed by atoms with Crippen LogP contribution in [-0.4, -0.2) is 59.0 Å². The van der Waals surface area contributed by atoms with Gasteiger partial charge in [0.2, 0.25) is 0 Å². The fourth-order valence-electron chi connectivity index (χ4n) is 3.40. The van der Waals surface area contributed by atoms with E-state index in [0.717, 1.165) is 49.6 Å². The van der Waals surface area contributed by atoms with Crippen molar-refractivity contribution in [3.05, 3.63) is 41.6 Å². The number of aromatic nitrogens is 3. The predicted molar refractivity (Wildman–Crippen MR) is 107 cm³/mol. The first-order valence-electron chi connectivity index (χ1n) is 9.44. The molecule has 3 heterocycles. The van der Waals surface area contributed by atoms with Gasteiger partial charge in [0.05, 0.1) is 11.9 Å². The highest BCUT2D eigenvalue weighted by atomic mass is 16.2. The van der Waals surface area contributed by atoms with E-state index in [2.05, 4.69) is 26.3 Å². The number of carbonyl (C=O) groups is 1. The maximum atomic E-state index is 12.8. The van der Waals surface area contributed by atoms with E-state index in [4.69, 9.17) is 0 Å². The van der Waals surface area contributed by atoms with Crippen molar-refractivity contribution in [2.45, 2.75) is 39.2 Å². The molecule has 1 fully saturated rings. The zero-order chi connectivity index (χ0) is 19.4. The molecule has 2 aromatic rings.